The summed E-state index contributed by atoms with van der Waals surface area (Å²) in [6.45, 7) is 22.6. The fourth-order valence-electron chi connectivity index (χ4n) is 9.26. The van der Waals surface area contributed by atoms with Crippen LogP contribution in [0.25, 0.3) is 0 Å². The summed E-state index contributed by atoms with van der Waals surface area (Å²) in [5, 5.41) is 11.8. The van der Waals surface area contributed by atoms with Crippen LogP contribution in [0.2, 0.25) is 16.6 Å². The molecule has 0 unspecified atom stereocenters. The van der Waals surface area contributed by atoms with Crippen LogP contribution in [0.1, 0.15) is 99.1 Å². The van der Waals surface area contributed by atoms with E-state index < -0.39 is 31.1 Å². The molecule has 0 saturated carbocycles. The molecule has 3 saturated heterocycles. The van der Waals surface area contributed by atoms with Crippen LogP contribution in [0.4, 0.5) is 0 Å². The molecule has 2 aromatic carbocycles. The molecule has 286 valence electrons. The molecular formula is C42H66O7SSi. The summed E-state index contributed by atoms with van der Waals surface area (Å²) in [5.41, 5.74) is 2.94. The summed E-state index contributed by atoms with van der Waals surface area (Å²) in [5.74, 6) is 0.790. The summed E-state index contributed by atoms with van der Waals surface area (Å²) < 4.78 is 41.6. The lowest BCUT2D eigenvalue weighted by molar-refractivity contribution is -0.294. The maximum absolute atomic E-state index is 11.8. The number of aliphatic hydroxyl groups excluding tert-OH is 1. The molecule has 0 bridgehead atoms. The Balaban J connectivity index is 1.38. The van der Waals surface area contributed by atoms with Crippen LogP contribution >= 0.6 is 11.8 Å². The highest BCUT2D eigenvalue weighted by atomic mass is 32.2. The highest BCUT2D eigenvalue weighted by Crippen LogP contribution is 2.52. The first-order valence-corrected chi connectivity index (χ1v) is 22.7. The van der Waals surface area contributed by atoms with Crippen molar-refractivity contribution >= 4 is 20.1 Å². The van der Waals surface area contributed by atoms with Crippen LogP contribution < -0.4 is 0 Å². The maximum atomic E-state index is 11.8. The average molecular weight is 743 g/mol. The van der Waals surface area contributed by atoms with Crippen molar-refractivity contribution in [2.75, 3.05) is 19.0 Å². The van der Waals surface area contributed by atoms with E-state index in [0.29, 0.717) is 55.9 Å². The van der Waals surface area contributed by atoms with Crippen LogP contribution in [-0.2, 0) is 41.3 Å². The lowest BCUT2D eigenvalue weighted by Crippen LogP contribution is -2.65. The van der Waals surface area contributed by atoms with Gasteiger partial charge in [0.15, 0.2) is 8.32 Å². The first-order valence-electron chi connectivity index (χ1n) is 19.6. The number of hydrogen-bond acceptors (Lipinski definition) is 8. The standard InChI is InChI=1S/C42H66O7SSi/c1-10-50-42-23-21-37(45-27-34-19-15-12-16-20-34)41(9,28-46-51(29(2)3,30(4)5)31(6)7)48-38(42)25-36-40(49-42)39(43)32(8)35(47-36)22-24-44-26-33-17-13-11-14-18-33/h11-20,29-32,35-40,43H,10,21-28H2,1-9H3/t32-,35+,36-,37+,38+,39+,40-,41-,42+/m1/s1. The SMILES string of the molecule is CCS[C@@]12CC[C@H](OCc3ccccc3)[C@@](C)(CO[Si](C(C)C)(C(C)C)C(C)C)O[C@H]1C[C@H]1O[C@@H](CCOCc3ccccc3)[C@@H](C)[C@H](O)[C@@H]1O2. The highest BCUT2D eigenvalue weighted by Gasteiger charge is 2.60. The minimum Gasteiger partial charge on any atom is -0.413 e. The number of fused-ring (bicyclic) bond motifs is 2. The van der Waals surface area contributed by atoms with E-state index >= 15 is 0 Å². The molecule has 5 rings (SSSR count). The second kappa shape index (κ2) is 17.9. The van der Waals surface area contributed by atoms with Crippen molar-refractivity contribution in [2.45, 2.75) is 165 Å². The molecular weight excluding hydrogens is 677 g/mol. The Hall–Kier alpha value is -1.27. The normalized spacial score (nSPS) is 32.9. The number of hydrogen-bond donors (Lipinski definition) is 1. The van der Waals surface area contributed by atoms with Crippen molar-refractivity contribution in [2.24, 2.45) is 5.92 Å². The van der Waals surface area contributed by atoms with Gasteiger partial charge < -0.3 is 33.2 Å². The number of benzene rings is 2. The monoisotopic (exact) mass is 742 g/mol. The highest BCUT2D eigenvalue weighted by molar-refractivity contribution is 8.00. The number of ether oxygens (including phenoxy) is 5. The molecule has 0 spiro atoms. The third-order valence-corrected chi connectivity index (χ3v) is 19.4. The van der Waals surface area contributed by atoms with E-state index in [4.69, 9.17) is 28.1 Å². The van der Waals surface area contributed by atoms with E-state index in [0.717, 1.165) is 29.7 Å². The first-order chi connectivity index (χ1) is 24.3. The van der Waals surface area contributed by atoms with Gasteiger partial charge in [0.2, 0.25) is 0 Å². The quantitative estimate of drug-likeness (QED) is 0.135. The first kappa shape index (κ1) is 40.9. The van der Waals surface area contributed by atoms with Gasteiger partial charge in [0.1, 0.15) is 16.6 Å². The number of thioether (sulfide) groups is 1. The number of aliphatic hydroxyl groups is 1. The third kappa shape index (κ3) is 9.17. The van der Waals surface area contributed by atoms with Crippen molar-refractivity contribution in [3.63, 3.8) is 0 Å². The molecule has 0 aromatic heterocycles. The molecule has 9 heteroatoms. The van der Waals surface area contributed by atoms with Crippen LogP contribution in [0, 0.1) is 5.92 Å². The third-order valence-electron chi connectivity index (χ3n) is 12.0. The van der Waals surface area contributed by atoms with E-state index in [9.17, 15) is 5.11 Å². The molecule has 3 aliphatic rings. The van der Waals surface area contributed by atoms with Gasteiger partial charge in [-0.1, -0.05) is 116 Å². The van der Waals surface area contributed by atoms with Crippen molar-refractivity contribution in [3.05, 3.63) is 71.8 Å². The van der Waals surface area contributed by atoms with E-state index in [1.165, 1.54) is 0 Å². The average Bonchev–Trinajstić information content (AvgIpc) is 3.21. The summed E-state index contributed by atoms with van der Waals surface area (Å²) >= 11 is 1.81. The van der Waals surface area contributed by atoms with Crippen LogP contribution in [0.5, 0.6) is 0 Å². The van der Waals surface area contributed by atoms with Gasteiger partial charge in [-0.3, -0.25) is 0 Å². The Morgan fingerprint density at radius 2 is 1.51 bits per heavy atom. The molecule has 1 N–H and O–H groups in total. The minimum absolute atomic E-state index is 0.0831. The lowest BCUT2D eigenvalue weighted by Gasteiger charge is -2.54. The van der Waals surface area contributed by atoms with Gasteiger partial charge in [-0.15, -0.1) is 11.8 Å². The summed E-state index contributed by atoms with van der Waals surface area (Å²) in [7, 11) is -2.20. The van der Waals surface area contributed by atoms with E-state index in [1.54, 1.807) is 11.8 Å². The smallest absolute Gasteiger partial charge is 0.200 e. The Bertz CT molecular complexity index is 1310. The second-order valence-corrected chi connectivity index (χ2v) is 23.3. The van der Waals surface area contributed by atoms with Gasteiger partial charge in [-0.2, -0.15) is 0 Å². The lowest BCUT2D eigenvalue weighted by atomic mass is 9.82. The Morgan fingerprint density at radius 1 is 0.902 bits per heavy atom. The molecule has 0 amide bonds. The number of rotatable bonds is 16. The van der Waals surface area contributed by atoms with E-state index in [2.05, 4.69) is 98.7 Å². The van der Waals surface area contributed by atoms with Crippen LogP contribution in [0.15, 0.2) is 60.7 Å². The van der Waals surface area contributed by atoms with Gasteiger partial charge in [-0.05, 0) is 59.7 Å². The van der Waals surface area contributed by atoms with Gasteiger partial charge in [0.25, 0.3) is 0 Å². The zero-order chi connectivity index (χ0) is 36.8. The van der Waals surface area contributed by atoms with Gasteiger partial charge in [0, 0.05) is 18.9 Å². The van der Waals surface area contributed by atoms with E-state index in [-0.39, 0.29) is 30.3 Å². The van der Waals surface area contributed by atoms with Crippen LogP contribution in [-0.4, -0.2) is 79.5 Å². The van der Waals surface area contributed by atoms with Gasteiger partial charge >= 0.3 is 0 Å². The van der Waals surface area contributed by atoms with Crippen molar-refractivity contribution in [3.8, 4) is 0 Å². The fraction of sp³-hybridized carbons (Fsp3) is 0.714. The molecule has 51 heavy (non-hydrogen) atoms. The predicted octanol–water partition coefficient (Wildman–Crippen LogP) is 9.31. The second-order valence-electron chi connectivity index (χ2n) is 16.3. The Labute approximate surface area is 314 Å². The molecule has 3 fully saturated rings. The molecule has 3 aliphatic heterocycles. The van der Waals surface area contributed by atoms with Crippen LogP contribution in [0.3, 0.4) is 0 Å². The van der Waals surface area contributed by atoms with Gasteiger partial charge in [0.05, 0.1) is 50.3 Å². The molecule has 2 aromatic rings. The molecule has 0 aliphatic carbocycles. The zero-order valence-electron chi connectivity index (χ0n) is 32.7. The Morgan fingerprint density at radius 3 is 2.10 bits per heavy atom. The predicted molar refractivity (Wildman–Crippen MR) is 209 cm³/mol. The van der Waals surface area contributed by atoms with Crippen molar-refractivity contribution in [1.29, 1.82) is 0 Å². The summed E-state index contributed by atoms with van der Waals surface area (Å²) in [4.78, 5) is -0.625. The molecule has 9 atom stereocenters. The topological polar surface area (TPSA) is 75.6 Å². The minimum atomic E-state index is -2.20. The van der Waals surface area contributed by atoms with Gasteiger partial charge in [-0.25, -0.2) is 0 Å². The summed E-state index contributed by atoms with van der Waals surface area (Å²) in [6.07, 6.45) is 0.926. The van der Waals surface area contributed by atoms with Crippen molar-refractivity contribution < 1.29 is 33.2 Å². The van der Waals surface area contributed by atoms with Crippen molar-refractivity contribution in [1.82, 2.24) is 0 Å². The molecule has 3 heterocycles. The van der Waals surface area contributed by atoms with E-state index in [1.807, 2.05) is 24.3 Å². The maximum Gasteiger partial charge on any atom is 0.200 e. The Kier molecular flexibility index (Phi) is 14.4. The zero-order valence-corrected chi connectivity index (χ0v) is 34.5. The fourth-order valence-corrected chi connectivity index (χ4v) is 16.1. The molecule has 7 nitrogen and oxygen atoms in total. The summed E-state index contributed by atoms with van der Waals surface area (Å²) in [6, 6.07) is 20.6. The molecule has 0 radical (unpaired) electrons. The largest absolute Gasteiger partial charge is 0.413 e.